The molecule has 2 aromatic carbocycles. The number of hydrogen-bond donors (Lipinski definition) is 2. The predicted octanol–water partition coefficient (Wildman–Crippen LogP) is 5.01. The molecule has 0 aliphatic rings. The van der Waals surface area contributed by atoms with Crippen LogP contribution in [0.3, 0.4) is 0 Å². The highest BCUT2D eigenvalue weighted by molar-refractivity contribution is 5.94. The van der Waals surface area contributed by atoms with Crippen LogP contribution in [0.5, 0.6) is 5.88 Å². The van der Waals surface area contributed by atoms with E-state index in [0.717, 1.165) is 27.4 Å². The Kier molecular flexibility index (Phi) is 3.39. The maximum absolute atomic E-state index is 11.5. The first kappa shape index (κ1) is 15.1. The molecule has 0 spiro atoms. The summed E-state index contributed by atoms with van der Waals surface area (Å²) in [6.45, 7) is 3.71. The Bertz CT molecular complexity index is 1200. The van der Waals surface area contributed by atoms with Gasteiger partial charge in [-0.1, -0.05) is 18.2 Å². The first-order valence-corrected chi connectivity index (χ1v) is 7.79. The molecule has 124 valence electrons. The van der Waals surface area contributed by atoms with Crippen molar-refractivity contribution in [2.45, 2.75) is 13.8 Å². The number of azo groups is 1. The van der Waals surface area contributed by atoms with E-state index in [2.05, 4.69) is 15.2 Å². The van der Waals surface area contributed by atoms with Crippen molar-refractivity contribution in [1.82, 2.24) is 4.98 Å². The zero-order valence-electron chi connectivity index (χ0n) is 13.7. The van der Waals surface area contributed by atoms with Crippen molar-refractivity contribution in [3.63, 3.8) is 0 Å². The summed E-state index contributed by atoms with van der Waals surface area (Å²) in [6.07, 6.45) is 0. The Morgan fingerprint density at radius 3 is 2.64 bits per heavy atom. The topological polar surface area (TPSA) is 90.9 Å². The van der Waals surface area contributed by atoms with Gasteiger partial charge in [0, 0.05) is 16.8 Å². The van der Waals surface area contributed by atoms with Gasteiger partial charge in [-0.15, -0.1) is 5.11 Å². The zero-order valence-corrected chi connectivity index (χ0v) is 13.7. The zero-order chi connectivity index (χ0) is 17.6. The molecule has 6 nitrogen and oxygen atoms in total. The van der Waals surface area contributed by atoms with Gasteiger partial charge >= 0.3 is 5.63 Å². The molecule has 6 heteroatoms. The summed E-state index contributed by atoms with van der Waals surface area (Å²) < 4.78 is 5.23. The SMILES string of the molecule is Cc1cc2oc(=O)cc(C)c2cc1N=Nc1c(O)[nH]c2ccccc12. The van der Waals surface area contributed by atoms with Crippen LogP contribution >= 0.6 is 0 Å². The number of aromatic hydroxyl groups is 1. The molecule has 2 N–H and O–H groups in total. The van der Waals surface area contributed by atoms with Crippen molar-refractivity contribution in [3.05, 3.63) is 64.0 Å². The fourth-order valence-electron chi connectivity index (χ4n) is 2.88. The van der Waals surface area contributed by atoms with E-state index >= 15 is 0 Å². The molecule has 2 aromatic heterocycles. The lowest BCUT2D eigenvalue weighted by Crippen LogP contribution is -1.97. The van der Waals surface area contributed by atoms with Crippen LogP contribution in [-0.4, -0.2) is 10.1 Å². The van der Waals surface area contributed by atoms with Gasteiger partial charge in [0.05, 0.1) is 11.2 Å². The number of fused-ring (bicyclic) bond motifs is 2. The van der Waals surface area contributed by atoms with Gasteiger partial charge in [-0.3, -0.25) is 0 Å². The molecule has 0 bridgehead atoms. The van der Waals surface area contributed by atoms with Crippen LogP contribution in [0.25, 0.3) is 21.9 Å². The van der Waals surface area contributed by atoms with E-state index in [1.807, 2.05) is 44.2 Å². The monoisotopic (exact) mass is 333 g/mol. The molecule has 0 aliphatic heterocycles. The number of aryl methyl sites for hydroxylation is 2. The number of rotatable bonds is 2. The number of para-hydroxylation sites is 1. The van der Waals surface area contributed by atoms with E-state index in [1.165, 1.54) is 6.07 Å². The van der Waals surface area contributed by atoms with Gasteiger partial charge in [0.25, 0.3) is 0 Å². The molecule has 0 aliphatic carbocycles. The average molecular weight is 333 g/mol. The van der Waals surface area contributed by atoms with Gasteiger partial charge in [-0.2, -0.15) is 5.11 Å². The number of nitrogens with zero attached hydrogens (tertiary/aromatic N) is 2. The Morgan fingerprint density at radius 2 is 1.80 bits per heavy atom. The molecule has 0 atom stereocenters. The van der Waals surface area contributed by atoms with Gasteiger partial charge in [-0.05, 0) is 43.2 Å². The second kappa shape index (κ2) is 5.59. The van der Waals surface area contributed by atoms with E-state index in [9.17, 15) is 9.90 Å². The lowest BCUT2D eigenvalue weighted by atomic mass is 10.1. The quantitative estimate of drug-likeness (QED) is 0.399. The number of hydrogen-bond acceptors (Lipinski definition) is 5. The van der Waals surface area contributed by atoms with Crippen molar-refractivity contribution < 1.29 is 9.52 Å². The maximum Gasteiger partial charge on any atom is 0.336 e. The summed E-state index contributed by atoms with van der Waals surface area (Å²) in [4.78, 5) is 14.4. The Balaban J connectivity index is 1.84. The summed E-state index contributed by atoms with van der Waals surface area (Å²) in [5, 5.41) is 20.2. The molecule has 4 aromatic rings. The van der Waals surface area contributed by atoms with Crippen LogP contribution in [0.15, 0.2) is 61.9 Å². The summed E-state index contributed by atoms with van der Waals surface area (Å²) in [5.74, 6) is -0.0226. The number of benzene rings is 2. The minimum absolute atomic E-state index is 0.0226. The first-order valence-electron chi connectivity index (χ1n) is 7.79. The molecular formula is C19H15N3O3. The standard InChI is InChI=1S/C19H15N3O3/c1-10-8-17(23)25-16-7-11(2)15(9-13(10)16)21-22-18-12-5-3-4-6-14(12)20-19(18)24/h3-9,20,24H,1-2H3. The van der Waals surface area contributed by atoms with Gasteiger partial charge in [-0.25, -0.2) is 4.79 Å². The van der Waals surface area contributed by atoms with Gasteiger partial charge in [0.2, 0.25) is 5.88 Å². The molecule has 0 saturated heterocycles. The summed E-state index contributed by atoms with van der Waals surface area (Å²) in [7, 11) is 0. The third-order valence-electron chi connectivity index (χ3n) is 4.19. The van der Waals surface area contributed by atoms with E-state index in [4.69, 9.17) is 4.42 Å². The largest absolute Gasteiger partial charge is 0.493 e. The van der Waals surface area contributed by atoms with E-state index in [1.54, 1.807) is 6.07 Å². The van der Waals surface area contributed by atoms with Crippen LogP contribution in [0, 0.1) is 13.8 Å². The number of H-pyrrole nitrogens is 1. The Hall–Kier alpha value is -3.41. The highest BCUT2D eigenvalue weighted by atomic mass is 16.4. The van der Waals surface area contributed by atoms with Gasteiger partial charge in [0.1, 0.15) is 5.58 Å². The van der Waals surface area contributed by atoms with Gasteiger partial charge < -0.3 is 14.5 Å². The third-order valence-corrected chi connectivity index (χ3v) is 4.19. The highest BCUT2D eigenvalue weighted by Gasteiger charge is 2.11. The average Bonchev–Trinajstić information content (AvgIpc) is 2.88. The molecule has 2 heterocycles. The number of nitrogens with one attached hydrogen (secondary N) is 1. The van der Waals surface area contributed by atoms with E-state index in [-0.39, 0.29) is 11.5 Å². The van der Waals surface area contributed by atoms with Crippen molar-refractivity contribution >= 4 is 33.2 Å². The fraction of sp³-hybridized carbons (Fsp3) is 0.105. The molecule has 4 rings (SSSR count). The Labute approximate surface area is 142 Å². The molecule has 0 unspecified atom stereocenters. The second-order valence-corrected chi connectivity index (χ2v) is 5.95. The first-order chi connectivity index (χ1) is 12.0. The normalized spacial score (nSPS) is 11.8. The lowest BCUT2D eigenvalue weighted by molar-refractivity contribution is 0.459. The minimum atomic E-state index is -0.373. The minimum Gasteiger partial charge on any atom is -0.493 e. The summed E-state index contributed by atoms with van der Waals surface area (Å²) in [6, 6.07) is 12.5. The molecule has 0 fully saturated rings. The molecule has 0 amide bonds. The van der Waals surface area contributed by atoms with Crippen molar-refractivity contribution in [1.29, 1.82) is 0 Å². The number of aromatic amines is 1. The molecule has 0 saturated carbocycles. The predicted molar refractivity (Wildman–Crippen MR) is 96.1 cm³/mol. The fourth-order valence-corrected chi connectivity index (χ4v) is 2.88. The van der Waals surface area contributed by atoms with Crippen molar-refractivity contribution in [3.8, 4) is 5.88 Å². The van der Waals surface area contributed by atoms with Crippen LogP contribution in [0.2, 0.25) is 0 Å². The lowest BCUT2D eigenvalue weighted by Gasteiger charge is -2.04. The van der Waals surface area contributed by atoms with Crippen LogP contribution in [0.4, 0.5) is 11.4 Å². The molecule has 0 radical (unpaired) electrons. The summed E-state index contributed by atoms with van der Waals surface area (Å²) >= 11 is 0. The molecule has 25 heavy (non-hydrogen) atoms. The van der Waals surface area contributed by atoms with Crippen LogP contribution in [-0.2, 0) is 0 Å². The van der Waals surface area contributed by atoms with E-state index in [0.29, 0.717) is 17.0 Å². The van der Waals surface area contributed by atoms with Gasteiger partial charge in [0.15, 0.2) is 5.69 Å². The van der Waals surface area contributed by atoms with Crippen molar-refractivity contribution in [2.24, 2.45) is 10.2 Å². The smallest absolute Gasteiger partial charge is 0.336 e. The van der Waals surface area contributed by atoms with Crippen molar-refractivity contribution in [2.75, 3.05) is 0 Å². The third kappa shape index (κ3) is 2.57. The van der Waals surface area contributed by atoms with Crippen LogP contribution in [0.1, 0.15) is 11.1 Å². The number of aromatic nitrogens is 1. The summed E-state index contributed by atoms with van der Waals surface area (Å²) in [5.41, 5.74) is 3.63. The highest BCUT2D eigenvalue weighted by Crippen LogP contribution is 2.37. The molecular weight excluding hydrogens is 318 g/mol. The maximum atomic E-state index is 11.5. The van der Waals surface area contributed by atoms with E-state index < -0.39 is 0 Å². The second-order valence-electron chi connectivity index (χ2n) is 5.95. The van der Waals surface area contributed by atoms with Crippen LogP contribution < -0.4 is 5.63 Å². The Morgan fingerprint density at radius 1 is 1.00 bits per heavy atom.